The summed E-state index contributed by atoms with van der Waals surface area (Å²) in [5, 5.41) is 3.78. The minimum absolute atomic E-state index is 0.0600. The van der Waals surface area contributed by atoms with Crippen LogP contribution in [0, 0.1) is 0 Å². The van der Waals surface area contributed by atoms with E-state index in [9.17, 15) is 0 Å². The predicted molar refractivity (Wildman–Crippen MR) is 77.2 cm³/mol. The molecule has 108 valence electrons. The van der Waals surface area contributed by atoms with E-state index in [0.29, 0.717) is 18.1 Å². The lowest BCUT2D eigenvalue weighted by molar-refractivity contribution is 0.00734. The summed E-state index contributed by atoms with van der Waals surface area (Å²) in [6.45, 7) is 6.55. The Bertz CT molecular complexity index is 375. The molecule has 3 atom stereocenters. The van der Waals surface area contributed by atoms with Gasteiger partial charge in [0.1, 0.15) is 0 Å². The average molecular weight is 265 g/mol. The molecular weight excluding hydrogens is 238 g/mol. The number of rotatable bonds is 6. The number of hydrogen-bond acceptors (Lipinski definition) is 3. The molecule has 0 aromatic carbocycles. The van der Waals surface area contributed by atoms with Gasteiger partial charge in [0.25, 0.3) is 0 Å². The third kappa shape index (κ3) is 3.80. The highest BCUT2D eigenvalue weighted by Gasteiger charge is 2.30. The van der Waals surface area contributed by atoms with Gasteiger partial charge in [-0.1, -0.05) is 0 Å². The topological polar surface area (TPSA) is 39.1 Å². The summed E-state index contributed by atoms with van der Waals surface area (Å²) in [5.41, 5.74) is -0.0600. The minimum Gasteiger partial charge on any atom is -0.379 e. The molecule has 0 spiro atoms. The van der Waals surface area contributed by atoms with Crippen LogP contribution in [0.4, 0.5) is 0 Å². The Kier molecular flexibility index (Phi) is 4.63. The summed E-state index contributed by atoms with van der Waals surface area (Å²) in [4.78, 5) is 4.17. The first-order valence-electron chi connectivity index (χ1n) is 7.30. The third-order valence-electron chi connectivity index (χ3n) is 4.24. The van der Waals surface area contributed by atoms with E-state index >= 15 is 0 Å². The molecule has 1 aromatic heterocycles. The molecule has 0 saturated heterocycles. The number of aromatic nitrogens is 2. The van der Waals surface area contributed by atoms with Crippen molar-refractivity contribution < 1.29 is 4.74 Å². The Morgan fingerprint density at radius 3 is 2.89 bits per heavy atom. The highest BCUT2D eigenvalue weighted by atomic mass is 16.5. The van der Waals surface area contributed by atoms with Crippen molar-refractivity contribution in [1.82, 2.24) is 14.9 Å². The van der Waals surface area contributed by atoms with Crippen LogP contribution in [0.3, 0.4) is 0 Å². The fourth-order valence-electron chi connectivity index (χ4n) is 3.20. The number of nitrogens with one attached hydrogen (secondary N) is 1. The number of nitrogens with zero attached hydrogens (tertiary/aromatic N) is 2. The van der Waals surface area contributed by atoms with Gasteiger partial charge in [-0.05, 0) is 46.5 Å². The van der Waals surface area contributed by atoms with Crippen LogP contribution in [0.5, 0.6) is 0 Å². The van der Waals surface area contributed by atoms with Crippen LogP contribution >= 0.6 is 0 Å². The molecule has 0 bridgehead atoms. The fourth-order valence-corrected chi connectivity index (χ4v) is 3.20. The Hall–Kier alpha value is -0.870. The van der Waals surface area contributed by atoms with Gasteiger partial charge < -0.3 is 14.6 Å². The second-order valence-corrected chi connectivity index (χ2v) is 6.35. The van der Waals surface area contributed by atoms with Gasteiger partial charge in [-0.2, -0.15) is 0 Å². The Morgan fingerprint density at radius 2 is 2.26 bits per heavy atom. The van der Waals surface area contributed by atoms with Crippen molar-refractivity contribution in [3.05, 3.63) is 18.7 Å². The molecule has 1 N–H and O–H groups in total. The molecule has 4 nitrogen and oxygen atoms in total. The van der Waals surface area contributed by atoms with Gasteiger partial charge in [0, 0.05) is 37.6 Å². The van der Waals surface area contributed by atoms with Crippen LogP contribution in [-0.2, 0) is 4.74 Å². The largest absolute Gasteiger partial charge is 0.379 e. The summed E-state index contributed by atoms with van der Waals surface area (Å²) in [7, 11) is 1.79. The molecule has 19 heavy (non-hydrogen) atoms. The van der Waals surface area contributed by atoms with Crippen molar-refractivity contribution in [2.45, 2.75) is 70.2 Å². The number of hydrogen-bond donors (Lipinski definition) is 1. The maximum absolute atomic E-state index is 5.52. The first-order valence-corrected chi connectivity index (χ1v) is 7.30. The van der Waals surface area contributed by atoms with Crippen molar-refractivity contribution in [2.24, 2.45) is 0 Å². The molecule has 3 unspecified atom stereocenters. The summed E-state index contributed by atoms with van der Waals surface area (Å²) >= 11 is 0. The molecule has 0 radical (unpaired) electrons. The number of ether oxygens (including phenoxy) is 1. The standard InChI is InChI=1S/C15H27N3O/c1-12(10-15(2,3)19-4)17-13-6-5-7-14(13)18-9-8-16-11-18/h8-9,11-14,17H,5-7,10H2,1-4H3. The van der Waals surface area contributed by atoms with Gasteiger partial charge in [0.15, 0.2) is 0 Å². The lowest BCUT2D eigenvalue weighted by Crippen LogP contribution is -2.43. The molecule has 4 heteroatoms. The van der Waals surface area contributed by atoms with Crippen molar-refractivity contribution in [3.8, 4) is 0 Å². The lowest BCUT2D eigenvalue weighted by atomic mass is 9.98. The number of methoxy groups -OCH3 is 1. The minimum atomic E-state index is -0.0600. The molecule has 1 heterocycles. The second-order valence-electron chi connectivity index (χ2n) is 6.35. The second kappa shape index (κ2) is 6.06. The maximum Gasteiger partial charge on any atom is 0.0949 e. The van der Waals surface area contributed by atoms with E-state index in [2.05, 4.69) is 41.8 Å². The summed E-state index contributed by atoms with van der Waals surface area (Å²) in [6, 6.07) is 1.57. The normalized spacial score (nSPS) is 25.7. The first-order chi connectivity index (χ1) is 9.02. The van der Waals surface area contributed by atoms with Crippen molar-refractivity contribution in [3.63, 3.8) is 0 Å². The van der Waals surface area contributed by atoms with Crippen LogP contribution in [-0.4, -0.2) is 34.3 Å². The SMILES string of the molecule is COC(C)(C)CC(C)NC1CCCC1n1ccnc1. The average Bonchev–Trinajstić information content (AvgIpc) is 2.97. The summed E-state index contributed by atoms with van der Waals surface area (Å²) in [5.74, 6) is 0. The Balaban J connectivity index is 1.91. The summed E-state index contributed by atoms with van der Waals surface area (Å²) < 4.78 is 7.77. The van der Waals surface area contributed by atoms with Crippen LogP contribution in [0.2, 0.25) is 0 Å². The Morgan fingerprint density at radius 1 is 1.47 bits per heavy atom. The van der Waals surface area contributed by atoms with Gasteiger partial charge in [-0.25, -0.2) is 4.98 Å². The lowest BCUT2D eigenvalue weighted by Gasteiger charge is -2.31. The van der Waals surface area contributed by atoms with Crippen LogP contribution in [0.25, 0.3) is 0 Å². The van der Waals surface area contributed by atoms with Gasteiger partial charge in [0.2, 0.25) is 0 Å². The molecule has 1 aromatic rings. The Labute approximate surface area is 116 Å². The van der Waals surface area contributed by atoms with Gasteiger partial charge in [0.05, 0.1) is 11.9 Å². The predicted octanol–water partition coefficient (Wildman–Crippen LogP) is 2.77. The maximum atomic E-state index is 5.52. The van der Waals surface area contributed by atoms with Crippen molar-refractivity contribution >= 4 is 0 Å². The van der Waals surface area contributed by atoms with Gasteiger partial charge >= 0.3 is 0 Å². The number of imidazole rings is 1. The molecular formula is C15H27N3O. The van der Waals surface area contributed by atoms with Crippen molar-refractivity contribution in [1.29, 1.82) is 0 Å². The summed E-state index contributed by atoms with van der Waals surface area (Å²) in [6.07, 6.45) is 10.7. The molecule has 1 saturated carbocycles. The van der Waals surface area contributed by atoms with E-state index < -0.39 is 0 Å². The first kappa shape index (κ1) is 14.5. The smallest absolute Gasteiger partial charge is 0.0949 e. The molecule has 1 fully saturated rings. The zero-order valence-corrected chi connectivity index (χ0v) is 12.6. The molecule has 1 aliphatic carbocycles. The third-order valence-corrected chi connectivity index (χ3v) is 4.24. The van der Waals surface area contributed by atoms with Crippen molar-refractivity contribution in [2.75, 3.05) is 7.11 Å². The quantitative estimate of drug-likeness (QED) is 0.859. The molecule has 0 amide bonds. The monoisotopic (exact) mass is 265 g/mol. The fraction of sp³-hybridized carbons (Fsp3) is 0.800. The van der Waals surface area contributed by atoms with Gasteiger partial charge in [-0.15, -0.1) is 0 Å². The van der Waals surface area contributed by atoms with E-state index in [1.807, 2.05) is 12.5 Å². The molecule has 0 aliphatic heterocycles. The van der Waals surface area contributed by atoms with Gasteiger partial charge in [-0.3, -0.25) is 0 Å². The highest BCUT2D eigenvalue weighted by Crippen LogP contribution is 2.30. The zero-order valence-electron chi connectivity index (χ0n) is 12.6. The van der Waals surface area contributed by atoms with Crippen LogP contribution in [0.15, 0.2) is 18.7 Å². The zero-order chi connectivity index (χ0) is 13.9. The van der Waals surface area contributed by atoms with E-state index in [1.54, 1.807) is 7.11 Å². The van der Waals surface area contributed by atoms with Crippen LogP contribution < -0.4 is 5.32 Å². The van der Waals surface area contributed by atoms with Crippen LogP contribution in [0.1, 0.15) is 52.5 Å². The molecule has 1 aliphatic rings. The van der Waals surface area contributed by atoms with E-state index in [-0.39, 0.29) is 5.60 Å². The van der Waals surface area contributed by atoms with E-state index in [1.165, 1.54) is 19.3 Å². The molecule has 2 rings (SSSR count). The van der Waals surface area contributed by atoms with E-state index in [0.717, 1.165) is 6.42 Å². The highest BCUT2D eigenvalue weighted by molar-refractivity contribution is 4.93. The van der Waals surface area contributed by atoms with E-state index in [4.69, 9.17) is 4.74 Å².